The van der Waals surface area contributed by atoms with Crippen LogP contribution in [0.2, 0.25) is 0 Å². The molecule has 0 unspecified atom stereocenters. The molecule has 0 aliphatic rings. The molecule has 0 rings (SSSR count). The number of hydrogen-bond acceptors (Lipinski definition) is 3. The van der Waals surface area contributed by atoms with E-state index in [0.717, 1.165) is 4.31 Å². The predicted molar refractivity (Wildman–Crippen MR) is 47.1 cm³/mol. The first-order chi connectivity index (χ1) is 5.36. The molecule has 0 atom stereocenters. The van der Waals surface area contributed by atoms with Crippen LogP contribution in [0.4, 0.5) is 0 Å². The molecule has 0 radical (unpaired) electrons. The Morgan fingerprint density at radius 2 is 2.08 bits per heavy atom. The molecule has 0 aromatic rings. The third kappa shape index (κ3) is 4.27. The summed E-state index contributed by atoms with van der Waals surface area (Å²) >= 11 is 0. The summed E-state index contributed by atoms with van der Waals surface area (Å²) in [4.78, 5) is 0. The minimum Gasteiger partial charge on any atom is -0.388 e. The van der Waals surface area contributed by atoms with E-state index >= 15 is 0 Å². The quantitative estimate of drug-likeness (QED) is 0.375. The molecule has 0 aromatic heterocycles. The van der Waals surface area contributed by atoms with Crippen molar-refractivity contribution in [2.45, 2.75) is 6.42 Å². The van der Waals surface area contributed by atoms with E-state index in [-0.39, 0.29) is 18.8 Å². The molecule has 0 bridgehead atoms. The van der Waals surface area contributed by atoms with E-state index in [0.29, 0.717) is 0 Å². The molecule has 0 saturated heterocycles. The normalized spacial score (nSPS) is 11.9. The zero-order valence-corrected chi connectivity index (χ0v) is 7.98. The number of nitrogens with one attached hydrogen (secondary N) is 2. The van der Waals surface area contributed by atoms with Gasteiger partial charge in [-0.05, 0) is 0 Å². The van der Waals surface area contributed by atoms with E-state index in [1.54, 1.807) is 0 Å². The van der Waals surface area contributed by atoms with E-state index in [4.69, 9.17) is 11.1 Å². The van der Waals surface area contributed by atoms with Gasteiger partial charge in [-0.1, -0.05) is 0 Å². The first-order valence-electron chi connectivity index (χ1n) is 3.36. The van der Waals surface area contributed by atoms with Gasteiger partial charge >= 0.3 is 0 Å². The largest absolute Gasteiger partial charge is 0.388 e. The van der Waals surface area contributed by atoms with Gasteiger partial charge in [0.2, 0.25) is 0 Å². The van der Waals surface area contributed by atoms with Gasteiger partial charge in [-0.3, -0.25) is 5.41 Å². The van der Waals surface area contributed by atoms with Crippen LogP contribution in [0.1, 0.15) is 6.42 Å². The Labute approximate surface area is 72.4 Å². The third-order valence-electron chi connectivity index (χ3n) is 1.16. The molecule has 4 N–H and O–H groups in total. The highest BCUT2D eigenvalue weighted by Crippen LogP contribution is 1.87. The van der Waals surface area contributed by atoms with Crippen molar-refractivity contribution >= 4 is 16.0 Å². The molecule has 0 saturated carbocycles. The monoisotopic (exact) mass is 194 g/mol. The molecule has 72 valence electrons. The Bertz CT molecular complexity index is 246. The van der Waals surface area contributed by atoms with Gasteiger partial charge in [-0.15, -0.1) is 0 Å². The Morgan fingerprint density at radius 1 is 1.58 bits per heavy atom. The molecule has 0 amide bonds. The van der Waals surface area contributed by atoms with E-state index < -0.39 is 10.2 Å². The lowest BCUT2D eigenvalue weighted by Crippen LogP contribution is -2.37. The molecule has 0 heterocycles. The van der Waals surface area contributed by atoms with Gasteiger partial charge in [0.1, 0.15) is 0 Å². The lowest BCUT2D eigenvalue weighted by Gasteiger charge is -2.11. The number of nitrogens with two attached hydrogens (primary N) is 1. The Morgan fingerprint density at radius 3 is 2.42 bits per heavy atom. The summed E-state index contributed by atoms with van der Waals surface area (Å²) < 4.78 is 25.4. The fourth-order valence-corrected chi connectivity index (χ4v) is 1.06. The highest BCUT2D eigenvalue weighted by molar-refractivity contribution is 7.87. The summed E-state index contributed by atoms with van der Waals surface area (Å²) in [7, 11) is -0.509. The molecule has 0 aliphatic heterocycles. The molecule has 0 aromatic carbocycles. The van der Waals surface area contributed by atoms with E-state index in [1.165, 1.54) is 14.1 Å². The van der Waals surface area contributed by atoms with E-state index in [9.17, 15) is 8.42 Å². The van der Waals surface area contributed by atoms with Crippen LogP contribution in [0.3, 0.4) is 0 Å². The second kappa shape index (κ2) is 4.39. The summed E-state index contributed by atoms with van der Waals surface area (Å²) in [5.74, 6) is -0.0311. The minimum atomic E-state index is -3.36. The van der Waals surface area contributed by atoms with Crippen LogP contribution < -0.4 is 10.5 Å². The van der Waals surface area contributed by atoms with Crippen LogP contribution in [0.25, 0.3) is 0 Å². The summed E-state index contributed by atoms with van der Waals surface area (Å²) in [6.45, 7) is 0.163. The molecule has 7 heteroatoms. The lowest BCUT2D eigenvalue weighted by atomic mass is 10.4. The molecule has 0 spiro atoms. The lowest BCUT2D eigenvalue weighted by molar-refractivity contribution is 0.506. The third-order valence-corrected chi connectivity index (χ3v) is 2.69. The fraction of sp³-hybridized carbons (Fsp3) is 0.800. The van der Waals surface area contributed by atoms with Crippen LogP contribution >= 0.6 is 0 Å². The Balaban J connectivity index is 3.86. The second-order valence-electron chi connectivity index (χ2n) is 2.46. The average molecular weight is 194 g/mol. The first kappa shape index (κ1) is 11.3. The molecule has 0 fully saturated rings. The highest BCUT2D eigenvalue weighted by atomic mass is 32.2. The van der Waals surface area contributed by atoms with Crippen LogP contribution in [0.15, 0.2) is 0 Å². The van der Waals surface area contributed by atoms with Crippen LogP contribution in [-0.2, 0) is 10.2 Å². The van der Waals surface area contributed by atoms with E-state index in [2.05, 4.69) is 4.72 Å². The average Bonchev–Trinajstić information content (AvgIpc) is 1.85. The highest BCUT2D eigenvalue weighted by Gasteiger charge is 2.11. The van der Waals surface area contributed by atoms with Gasteiger partial charge in [0.25, 0.3) is 10.2 Å². The Hall–Kier alpha value is -0.660. The maximum absolute atomic E-state index is 11.0. The maximum atomic E-state index is 11.0. The summed E-state index contributed by atoms with van der Waals surface area (Å²) in [6, 6.07) is 0. The smallest absolute Gasteiger partial charge is 0.278 e. The van der Waals surface area contributed by atoms with Gasteiger partial charge in [0.15, 0.2) is 0 Å². The van der Waals surface area contributed by atoms with E-state index in [1.807, 2.05) is 0 Å². The zero-order chi connectivity index (χ0) is 9.78. The number of hydrogen-bond donors (Lipinski definition) is 3. The summed E-state index contributed by atoms with van der Waals surface area (Å²) in [6.07, 6.45) is 0.229. The molecule has 6 nitrogen and oxygen atoms in total. The van der Waals surface area contributed by atoms with Gasteiger partial charge in [0, 0.05) is 27.1 Å². The van der Waals surface area contributed by atoms with Crippen LogP contribution in [0.5, 0.6) is 0 Å². The topological polar surface area (TPSA) is 99.3 Å². The van der Waals surface area contributed by atoms with Crippen LogP contribution in [-0.4, -0.2) is 39.2 Å². The van der Waals surface area contributed by atoms with Gasteiger partial charge < -0.3 is 5.73 Å². The molecule has 0 aliphatic carbocycles. The van der Waals surface area contributed by atoms with Crippen molar-refractivity contribution in [2.75, 3.05) is 20.6 Å². The molecular weight excluding hydrogens is 180 g/mol. The van der Waals surface area contributed by atoms with Crippen molar-refractivity contribution in [3.8, 4) is 0 Å². The van der Waals surface area contributed by atoms with Gasteiger partial charge in [0.05, 0.1) is 5.84 Å². The van der Waals surface area contributed by atoms with Crippen molar-refractivity contribution in [1.82, 2.24) is 9.03 Å². The minimum absolute atomic E-state index is 0.0311. The fourth-order valence-electron chi connectivity index (χ4n) is 0.444. The first-order valence-corrected chi connectivity index (χ1v) is 4.80. The Kier molecular flexibility index (Phi) is 4.15. The van der Waals surface area contributed by atoms with Crippen molar-refractivity contribution in [2.24, 2.45) is 5.73 Å². The van der Waals surface area contributed by atoms with Crippen LogP contribution in [0, 0.1) is 5.41 Å². The number of rotatable bonds is 5. The summed E-state index contributed by atoms with van der Waals surface area (Å²) in [5, 5.41) is 6.84. The summed E-state index contributed by atoms with van der Waals surface area (Å²) in [5.41, 5.74) is 5.03. The van der Waals surface area contributed by atoms with Crippen molar-refractivity contribution in [1.29, 1.82) is 5.41 Å². The SMILES string of the molecule is CN(C)S(=O)(=O)NCCC(=N)N. The molecule has 12 heavy (non-hydrogen) atoms. The zero-order valence-electron chi connectivity index (χ0n) is 7.16. The van der Waals surface area contributed by atoms with Gasteiger partial charge in [-0.25, -0.2) is 4.72 Å². The van der Waals surface area contributed by atoms with Crippen molar-refractivity contribution in [3.63, 3.8) is 0 Å². The standard InChI is InChI=1S/C5H14N4O2S/c1-9(2)12(10,11)8-4-3-5(6)7/h8H,3-4H2,1-2H3,(H3,6,7). The number of amidine groups is 1. The second-order valence-corrected chi connectivity index (χ2v) is 4.43. The van der Waals surface area contributed by atoms with Crippen molar-refractivity contribution < 1.29 is 8.42 Å². The van der Waals surface area contributed by atoms with Crippen molar-refractivity contribution in [3.05, 3.63) is 0 Å². The van der Waals surface area contributed by atoms with Gasteiger partial charge in [-0.2, -0.15) is 12.7 Å². The number of nitrogens with zero attached hydrogens (tertiary/aromatic N) is 1. The maximum Gasteiger partial charge on any atom is 0.278 e. The molecular formula is C5H14N4O2S. The predicted octanol–water partition coefficient (Wildman–Crippen LogP) is -1.29.